The molecule has 1 rings (SSSR count). The van der Waals surface area contributed by atoms with Crippen LogP contribution in [0.2, 0.25) is 0 Å². The van der Waals surface area contributed by atoms with Crippen LogP contribution in [0.5, 0.6) is 0 Å². The fourth-order valence-corrected chi connectivity index (χ4v) is 2.94. The number of nitrogens with zero attached hydrogens (tertiary/aromatic N) is 3. The number of thioether (sulfide) groups is 1. The van der Waals surface area contributed by atoms with E-state index < -0.39 is 0 Å². The topological polar surface area (TPSA) is 75.2 Å². The molecule has 0 amide bonds. The van der Waals surface area contributed by atoms with Crippen molar-refractivity contribution in [2.45, 2.75) is 58.1 Å². The lowest BCUT2D eigenvalue weighted by molar-refractivity contribution is -0.136. The second kappa shape index (κ2) is 9.33. The van der Waals surface area contributed by atoms with E-state index in [0.29, 0.717) is 25.8 Å². The Morgan fingerprint density at radius 3 is 2.35 bits per heavy atom. The van der Waals surface area contributed by atoms with Gasteiger partial charge in [0.15, 0.2) is 11.4 Å². The Morgan fingerprint density at radius 1 is 1.20 bits per heavy atom. The number of rotatable bonds is 10. The van der Waals surface area contributed by atoms with Crippen molar-refractivity contribution in [2.24, 2.45) is 5.73 Å². The zero-order valence-electron chi connectivity index (χ0n) is 12.8. The minimum Gasteiger partial charge on any atom is -0.353 e. The summed E-state index contributed by atoms with van der Waals surface area (Å²) >= 11 is 1.67. The van der Waals surface area contributed by atoms with Gasteiger partial charge in [0.2, 0.25) is 0 Å². The van der Waals surface area contributed by atoms with Crippen LogP contribution in [0.15, 0.2) is 5.16 Å². The molecule has 0 bridgehead atoms. The number of nitrogens with two attached hydrogens (primary N) is 1. The van der Waals surface area contributed by atoms with Crippen molar-refractivity contribution >= 4 is 11.8 Å². The second-order valence-electron chi connectivity index (χ2n) is 4.54. The number of ether oxygens (including phenoxy) is 2. The summed E-state index contributed by atoms with van der Waals surface area (Å²) in [6.07, 6.45) is 0.692. The molecule has 1 aromatic heterocycles. The van der Waals surface area contributed by atoms with E-state index in [-0.39, 0.29) is 6.29 Å². The molecule has 0 atom stereocenters. The molecule has 116 valence electrons. The Balaban J connectivity index is 2.54. The van der Waals surface area contributed by atoms with Gasteiger partial charge in [-0.2, -0.15) is 0 Å². The van der Waals surface area contributed by atoms with Crippen LogP contribution in [-0.2, 0) is 16.0 Å². The molecule has 0 aliphatic rings. The van der Waals surface area contributed by atoms with Crippen LogP contribution < -0.4 is 5.73 Å². The highest BCUT2D eigenvalue weighted by atomic mass is 32.2. The average molecular weight is 302 g/mol. The van der Waals surface area contributed by atoms with Gasteiger partial charge in [0.05, 0.1) is 6.54 Å². The summed E-state index contributed by atoms with van der Waals surface area (Å²) in [5.74, 6) is 1.70. The van der Waals surface area contributed by atoms with Crippen molar-refractivity contribution < 1.29 is 9.47 Å². The fraction of sp³-hybridized carbons (Fsp3) is 0.846. The van der Waals surface area contributed by atoms with Gasteiger partial charge in [-0.15, -0.1) is 10.2 Å². The smallest absolute Gasteiger partial charge is 0.191 e. The quantitative estimate of drug-likeness (QED) is 0.527. The Labute approximate surface area is 125 Å². The Hall–Kier alpha value is -0.630. The first kappa shape index (κ1) is 17.4. The molecule has 0 fully saturated rings. The summed E-state index contributed by atoms with van der Waals surface area (Å²) in [6, 6.07) is 0.306. The van der Waals surface area contributed by atoms with Crippen molar-refractivity contribution in [2.75, 3.05) is 19.0 Å². The highest BCUT2D eigenvalue weighted by Crippen LogP contribution is 2.22. The Morgan fingerprint density at radius 2 is 1.85 bits per heavy atom. The molecule has 0 aliphatic carbocycles. The molecule has 0 aliphatic heterocycles. The first-order chi connectivity index (χ1) is 9.63. The van der Waals surface area contributed by atoms with Gasteiger partial charge in [-0.3, -0.25) is 0 Å². The van der Waals surface area contributed by atoms with Gasteiger partial charge < -0.3 is 19.8 Å². The van der Waals surface area contributed by atoms with Gasteiger partial charge in [-0.25, -0.2) is 0 Å². The van der Waals surface area contributed by atoms with Crippen LogP contribution >= 0.6 is 11.8 Å². The van der Waals surface area contributed by atoms with Crippen LogP contribution in [0.4, 0.5) is 0 Å². The van der Waals surface area contributed by atoms with Crippen LogP contribution in [0.25, 0.3) is 0 Å². The lowest BCUT2D eigenvalue weighted by atomic mass is 10.4. The maximum atomic E-state index is 5.69. The molecular weight excluding hydrogens is 276 g/mol. The summed E-state index contributed by atoms with van der Waals surface area (Å²) < 4.78 is 13.1. The van der Waals surface area contributed by atoms with Gasteiger partial charge in [0, 0.05) is 31.4 Å². The highest BCUT2D eigenvalue weighted by Gasteiger charge is 2.15. The lowest BCUT2D eigenvalue weighted by Gasteiger charge is -2.17. The summed E-state index contributed by atoms with van der Waals surface area (Å²) in [5.41, 5.74) is 5.69. The largest absolute Gasteiger partial charge is 0.353 e. The minimum absolute atomic E-state index is 0.137. The van der Waals surface area contributed by atoms with Crippen molar-refractivity contribution in [1.29, 1.82) is 0 Å². The summed E-state index contributed by atoms with van der Waals surface area (Å²) in [4.78, 5) is 0. The first-order valence-electron chi connectivity index (χ1n) is 7.13. The summed E-state index contributed by atoms with van der Waals surface area (Å²) in [5, 5.41) is 9.25. The van der Waals surface area contributed by atoms with Crippen molar-refractivity contribution in [1.82, 2.24) is 14.8 Å². The van der Waals surface area contributed by atoms with Crippen molar-refractivity contribution in [3.05, 3.63) is 5.82 Å². The molecule has 0 saturated carbocycles. The van der Waals surface area contributed by atoms with Crippen molar-refractivity contribution in [3.63, 3.8) is 0 Å². The molecular formula is C13H26N4O2S. The summed E-state index contributed by atoms with van der Waals surface area (Å²) in [6.45, 7) is 9.89. The van der Waals surface area contributed by atoms with Gasteiger partial charge in [-0.05, 0) is 27.7 Å². The number of aromatic nitrogens is 3. The molecule has 0 aromatic carbocycles. The van der Waals surface area contributed by atoms with E-state index in [1.807, 2.05) is 13.8 Å². The maximum absolute atomic E-state index is 5.69. The monoisotopic (exact) mass is 302 g/mol. The molecule has 0 saturated heterocycles. The molecule has 0 spiro atoms. The maximum Gasteiger partial charge on any atom is 0.191 e. The molecule has 2 N–H and O–H groups in total. The molecule has 20 heavy (non-hydrogen) atoms. The highest BCUT2D eigenvalue weighted by molar-refractivity contribution is 7.99. The lowest BCUT2D eigenvalue weighted by Crippen LogP contribution is -2.18. The van der Waals surface area contributed by atoms with Gasteiger partial charge in [-0.1, -0.05) is 11.8 Å². The van der Waals surface area contributed by atoms with Crippen molar-refractivity contribution in [3.8, 4) is 0 Å². The fourth-order valence-electron chi connectivity index (χ4n) is 1.90. The zero-order valence-corrected chi connectivity index (χ0v) is 13.7. The van der Waals surface area contributed by atoms with E-state index in [4.69, 9.17) is 15.2 Å². The van der Waals surface area contributed by atoms with E-state index in [2.05, 4.69) is 28.6 Å². The zero-order chi connectivity index (χ0) is 15.0. The molecule has 7 heteroatoms. The third-order valence-electron chi connectivity index (χ3n) is 2.72. The number of hydrogen-bond donors (Lipinski definition) is 1. The number of hydrogen-bond acceptors (Lipinski definition) is 6. The van der Waals surface area contributed by atoms with E-state index in [9.17, 15) is 0 Å². The van der Waals surface area contributed by atoms with E-state index in [1.165, 1.54) is 0 Å². The van der Waals surface area contributed by atoms with Crippen LogP contribution in [0.3, 0.4) is 0 Å². The predicted molar refractivity (Wildman–Crippen MR) is 80.7 cm³/mol. The van der Waals surface area contributed by atoms with E-state index >= 15 is 0 Å². The van der Waals surface area contributed by atoms with Crippen LogP contribution in [-0.4, -0.2) is 40.0 Å². The average Bonchev–Trinajstić information content (AvgIpc) is 2.82. The van der Waals surface area contributed by atoms with E-state index in [1.54, 1.807) is 11.8 Å². The minimum atomic E-state index is -0.137. The van der Waals surface area contributed by atoms with Gasteiger partial charge >= 0.3 is 0 Å². The first-order valence-corrected chi connectivity index (χ1v) is 8.12. The van der Waals surface area contributed by atoms with Gasteiger partial charge in [0.1, 0.15) is 5.82 Å². The third kappa shape index (κ3) is 5.05. The standard InChI is InChI=1S/C13H26N4O2S/c1-5-18-12(19-6-2)7-8-20-13-16-15-11(9-14)17(13)10(3)4/h10,12H,5-9,14H2,1-4H3. The van der Waals surface area contributed by atoms with Crippen LogP contribution in [0.1, 0.15) is 46.0 Å². The predicted octanol–water partition coefficient (Wildman–Crippen LogP) is 2.20. The molecule has 0 unspecified atom stereocenters. The summed E-state index contributed by atoms with van der Waals surface area (Å²) in [7, 11) is 0. The Bertz CT molecular complexity index is 378. The SMILES string of the molecule is CCOC(CCSc1nnc(CN)n1C(C)C)OCC. The van der Waals surface area contributed by atoms with Crippen LogP contribution in [0, 0.1) is 0 Å². The van der Waals surface area contributed by atoms with Gasteiger partial charge in [0.25, 0.3) is 0 Å². The molecule has 6 nitrogen and oxygen atoms in total. The van der Waals surface area contributed by atoms with E-state index in [0.717, 1.165) is 23.2 Å². The second-order valence-corrected chi connectivity index (χ2v) is 5.61. The molecule has 1 heterocycles. The normalized spacial score (nSPS) is 11.8. The molecule has 1 aromatic rings. The molecule has 0 radical (unpaired) electrons. The third-order valence-corrected chi connectivity index (χ3v) is 3.70. The Kier molecular flexibility index (Phi) is 8.13.